The highest BCUT2D eigenvalue weighted by Gasteiger charge is 2.14. The van der Waals surface area contributed by atoms with E-state index in [9.17, 15) is 4.79 Å². The molecule has 1 amide bonds. The highest BCUT2D eigenvalue weighted by Crippen LogP contribution is 2.21. The number of hydrogen-bond donors (Lipinski definition) is 2. The molecule has 0 radical (unpaired) electrons. The lowest BCUT2D eigenvalue weighted by Crippen LogP contribution is -2.36. The molecule has 0 aliphatic carbocycles. The van der Waals surface area contributed by atoms with Crippen LogP contribution in [0.5, 0.6) is 0 Å². The Kier molecular flexibility index (Phi) is 6.30. The van der Waals surface area contributed by atoms with Gasteiger partial charge in [-0.1, -0.05) is 0 Å². The van der Waals surface area contributed by atoms with Gasteiger partial charge in [0.2, 0.25) is 5.91 Å². The Balaban J connectivity index is 1.56. The first kappa shape index (κ1) is 15.0. The van der Waals surface area contributed by atoms with Gasteiger partial charge in [-0.15, -0.1) is 11.3 Å². The van der Waals surface area contributed by atoms with Crippen molar-refractivity contribution in [1.82, 2.24) is 10.6 Å². The molecule has 0 saturated carbocycles. The van der Waals surface area contributed by atoms with Crippen molar-refractivity contribution in [2.45, 2.75) is 25.4 Å². The third-order valence-electron chi connectivity index (χ3n) is 3.06. The summed E-state index contributed by atoms with van der Waals surface area (Å²) in [4.78, 5) is 12.9. The summed E-state index contributed by atoms with van der Waals surface area (Å²) in [5, 5.41) is 6.17. The van der Waals surface area contributed by atoms with Crippen molar-refractivity contribution in [2.24, 2.45) is 0 Å². The van der Waals surface area contributed by atoms with Crippen LogP contribution in [0, 0.1) is 0 Å². The number of halogens is 1. The standard InChI is InChI=1S/C13H19BrN2O2S/c14-12-2-1-11(19-12)5-8-16-13(17)9-18-10-3-6-15-7-4-10/h1-2,10,15H,3-9H2,(H,16,17). The topological polar surface area (TPSA) is 50.4 Å². The summed E-state index contributed by atoms with van der Waals surface area (Å²) < 4.78 is 6.72. The average molecular weight is 347 g/mol. The highest BCUT2D eigenvalue weighted by molar-refractivity contribution is 9.11. The van der Waals surface area contributed by atoms with E-state index in [0.29, 0.717) is 6.54 Å². The summed E-state index contributed by atoms with van der Waals surface area (Å²) >= 11 is 5.13. The van der Waals surface area contributed by atoms with Gasteiger partial charge in [0.25, 0.3) is 0 Å². The molecule has 0 spiro atoms. The molecule has 0 bridgehead atoms. The molecule has 106 valence electrons. The van der Waals surface area contributed by atoms with Crippen LogP contribution in [0.4, 0.5) is 0 Å². The lowest BCUT2D eigenvalue weighted by atomic mass is 10.1. The minimum absolute atomic E-state index is 0.0193. The van der Waals surface area contributed by atoms with E-state index in [0.717, 1.165) is 36.1 Å². The SMILES string of the molecule is O=C(COC1CCNCC1)NCCc1ccc(Br)s1. The van der Waals surface area contributed by atoms with Crippen LogP contribution in [0.2, 0.25) is 0 Å². The van der Waals surface area contributed by atoms with Gasteiger partial charge in [-0.05, 0) is 60.4 Å². The average Bonchev–Trinajstić information content (AvgIpc) is 2.83. The molecule has 1 aliphatic rings. The van der Waals surface area contributed by atoms with E-state index in [1.54, 1.807) is 11.3 Å². The van der Waals surface area contributed by atoms with Crippen LogP contribution in [-0.4, -0.2) is 38.3 Å². The lowest BCUT2D eigenvalue weighted by molar-refractivity contribution is -0.128. The summed E-state index contributed by atoms with van der Waals surface area (Å²) in [7, 11) is 0. The van der Waals surface area contributed by atoms with E-state index in [-0.39, 0.29) is 18.6 Å². The van der Waals surface area contributed by atoms with Crippen LogP contribution in [0.3, 0.4) is 0 Å². The van der Waals surface area contributed by atoms with Crippen molar-refractivity contribution in [1.29, 1.82) is 0 Å². The monoisotopic (exact) mass is 346 g/mol. The number of carbonyl (C=O) groups excluding carboxylic acids is 1. The van der Waals surface area contributed by atoms with Gasteiger partial charge in [0.05, 0.1) is 9.89 Å². The first-order valence-corrected chi connectivity index (χ1v) is 8.18. The second-order valence-corrected chi connectivity index (χ2v) is 7.11. The summed E-state index contributed by atoms with van der Waals surface area (Å²) in [6.07, 6.45) is 3.10. The normalized spacial score (nSPS) is 16.5. The Morgan fingerprint density at radius 1 is 1.47 bits per heavy atom. The van der Waals surface area contributed by atoms with Gasteiger partial charge in [0.15, 0.2) is 0 Å². The number of nitrogens with one attached hydrogen (secondary N) is 2. The number of piperidine rings is 1. The molecule has 4 nitrogen and oxygen atoms in total. The van der Waals surface area contributed by atoms with Crippen LogP contribution < -0.4 is 10.6 Å². The van der Waals surface area contributed by atoms with Crippen molar-refractivity contribution in [3.8, 4) is 0 Å². The first-order chi connectivity index (χ1) is 9.24. The van der Waals surface area contributed by atoms with E-state index in [4.69, 9.17) is 4.74 Å². The van der Waals surface area contributed by atoms with Crippen LogP contribution >= 0.6 is 27.3 Å². The molecule has 19 heavy (non-hydrogen) atoms. The maximum Gasteiger partial charge on any atom is 0.246 e. The second-order valence-electron chi connectivity index (χ2n) is 4.57. The molecule has 6 heteroatoms. The minimum atomic E-state index is -0.0193. The molecule has 0 aromatic carbocycles. The van der Waals surface area contributed by atoms with E-state index in [1.807, 2.05) is 6.07 Å². The van der Waals surface area contributed by atoms with Crippen molar-refractivity contribution < 1.29 is 9.53 Å². The minimum Gasteiger partial charge on any atom is -0.368 e. The number of carbonyl (C=O) groups is 1. The quantitative estimate of drug-likeness (QED) is 0.827. The predicted molar refractivity (Wildman–Crippen MR) is 80.6 cm³/mol. The van der Waals surface area contributed by atoms with Crippen molar-refractivity contribution >= 4 is 33.2 Å². The molecule has 2 heterocycles. The third-order valence-corrected chi connectivity index (χ3v) is 4.74. The van der Waals surface area contributed by atoms with Gasteiger partial charge >= 0.3 is 0 Å². The zero-order chi connectivity index (χ0) is 13.5. The number of thiophene rings is 1. The molecule has 1 aromatic heterocycles. The Hall–Kier alpha value is -0.430. The Labute approximate surface area is 126 Å². The summed E-state index contributed by atoms with van der Waals surface area (Å²) in [6.45, 7) is 2.82. The van der Waals surface area contributed by atoms with Gasteiger partial charge in [-0.25, -0.2) is 0 Å². The maximum atomic E-state index is 11.6. The predicted octanol–water partition coefficient (Wildman–Crippen LogP) is 1.94. The van der Waals surface area contributed by atoms with E-state index >= 15 is 0 Å². The van der Waals surface area contributed by atoms with Crippen LogP contribution in [0.15, 0.2) is 15.9 Å². The molecular formula is C13H19BrN2O2S. The fourth-order valence-electron chi connectivity index (χ4n) is 2.02. The van der Waals surface area contributed by atoms with E-state index < -0.39 is 0 Å². The molecule has 1 saturated heterocycles. The molecule has 1 aromatic rings. The smallest absolute Gasteiger partial charge is 0.246 e. The maximum absolute atomic E-state index is 11.6. The molecule has 2 rings (SSSR count). The number of hydrogen-bond acceptors (Lipinski definition) is 4. The van der Waals surface area contributed by atoms with Crippen molar-refractivity contribution in [2.75, 3.05) is 26.2 Å². The summed E-state index contributed by atoms with van der Waals surface area (Å²) in [5.41, 5.74) is 0. The second kappa shape index (κ2) is 7.99. The van der Waals surface area contributed by atoms with Gasteiger partial charge in [0, 0.05) is 11.4 Å². The van der Waals surface area contributed by atoms with Crippen LogP contribution in [0.25, 0.3) is 0 Å². The fraction of sp³-hybridized carbons (Fsp3) is 0.615. The molecular weight excluding hydrogens is 328 g/mol. The largest absolute Gasteiger partial charge is 0.368 e. The highest BCUT2D eigenvalue weighted by atomic mass is 79.9. The van der Waals surface area contributed by atoms with Crippen LogP contribution in [-0.2, 0) is 16.0 Å². The Morgan fingerprint density at radius 2 is 2.26 bits per heavy atom. The van der Waals surface area contributed by atoms with Gasteiger partial charge in [0.1, 0.15) is 6.61 Å². The molecule has 2 N–H and O–H groups in total. The Morgan fingerprint density at radius 3 is 2.95 bits per heavy atom. The lowest BCUT2D eigenvalue weighted by Gasteiger charge is -2.22. The zero-order valence-corrected chi connectivity index (χ0v) is 13.2. The van der Waals surface area contributed by atoms with Gasteiger partial charge in [-0.2, -0.15) is 0 Å². The van der Waals surface area contributed by atoms with Crippen LogP contribution in [0.1, 0.15) is 17.7 Å². The Bertz CT molecular complexity index is 405. The van der Waals surface area contributed by atoms with Crippen molar-refractivity contribution in [3.63, 3.8) is 0 Å². The number of ether oxygens (including phenoxy) is 1. The fourth-order valence-corrected chi connectivity index (χ4v) is 3.50. The van der Waals surface area contributed by atoms with E-state index in [1.165, 1.54) is 4.88 Å². The summed E-state index contributed by atoms with van der Waals surface area (Å²) in [5.74, 6) is -0.0193. The van der Waals surface area contributed by atoms with Crippen molar-refractivity contribution in [3.05, 3.63) is 20.8 Å². The molecule has 0 atom stereocenters. The number of rotatable bonds is 6. The molecule has 1 aliphatic heterocycles. The number of amides is 1. The summed E-state index contributed by atoms with van der Waals surface area (Å²) in [6, 6.07) is 4.11. The molecule has 1 fully saturated rings. The molecule has 0 unspecified atom stereocenters. The first-order valence-electron chi connectivity index (χ1n) is 6.57. The van der Waals surface area contributed by atoms with Gasteiger partial charge < -0.3 is 15.4 Å². The zero-order valence-electron chi connectivity index (χ0n) is 10.8. The van der Waals surface area contributed by atoms with Gasteiger partial charge in [-0.3, -0.25) is 4.79 Å². The van der Waals surface area contributed by atoms with E-state index in [2.05, 4.69) is 32.6 Å². The third kappa shape index (κ3) is 5.60.